The van der Waals surface area contributed by atoms with Crippen molar-refractivity contribution in [2.24, 2.45) is 4.99 Å². The molecule has 1 aliphatic heterocycles. The quantitative estimate of drug-likeness (QED) is 0.841. The van der Waals surface area contributed by atoms with Gasteiger partial charge in [0.05, 0.1) is 11.4 Å². The van der Waals surface area contributed by atoms with Crippen LogP contribution in [-0.4, -0.2) is 49.7 Å². The topological polar surface area (TPSA) is 35.9 Å². The zero-order valence-electron chi connectivity index (χ0n) is 14.7. The Kier molecular flexibility index (Phi) is 5.21. The Morgan fingerprint density at radius 3 is 2.60 bits per heavy atom. The first-order chi connectivity index (χ1) is 12.0. The van der Waals surface area contributed by atoms with E-state index in [1.54, 1.807) is 0 Å². The molecule has 4 nitrogen and oxygen atoms in total. The molecule has 130 valence electrons. The van der Waals surface area contributed by atoms with Gasteiger partial charge in [0.25, 0.3) is 0 Å². The second-order valence-electron chi connectivity index (χ2n) is 6.57. The Morgan fingerprint density at radius 1 is 1.20 bits per heavy atom. The number of carbonyl (C=O) groups excluding carboxylic acids is 1. The lowest BCUT2D eigenvalue weighted by molar-refractivity contribution is -0.117. The summed E-state index contributed by atoms with van der Waals surface area (Å²) in [6, 6.07) is 15.6. The van der Waals surface area contributed by atoms with Gasteiger partial charge in [-0.15, -0.1) is 0 Å². The Labute approximate surface area is 153 Å². The number of halogens is 1. The Morgan fingerprint density at radius 2 is 1.92 bits per heavy atom. The Balaban J connectivity index is 2.13. The molecule has 0 bridgehead atoms. The summed E-state index contributed by atoms with van der Waals surface area (Å²) in [5.74, 6) is 0.00357. The van der Waals surface area contributed by atoms with E-state index in [0.29, 0.717) is 5.02 Å². The monoisotopic (exact) mass is 355 g/mol. The summed E-state index contributed by atoms with van der Waals surface area (Å²) in [7, 11) is 4.01. The van der Waals surface area contributed by atoms with Gasteiger partial charge in [0.15, 0.2) is 0 Å². The predicted molar refractivity (Wildman–Crippen MR) is 104 cm³/mol. The van der Waals surface area contributed by atoms with Crippen molar-refractivity contribution >= 4 is 28.9 Å². The van der Waals surface area contributed by atoms with Gasteiger partial charge < -0.3 is 9.80 Å². The van der Waals surface area contributed by atoms with E-state index in [1.165, 1.54) is 0 Å². The van der Waals surface area contributed by atoms with E-state index in [0.717, 1.165) is 29.1 Å². The van der Waals surface area contributed by atoms with Crippen LogP contribution < -0.4 is 4.90 Å². The van der Waals surface area contributed by atoms with Crippen LogP contribution >= 0.6 is 11.6 Å². The molecule has 0 fully saturated rings. The second-order valence-corrected chi connectivity index (χ2v) is 7.00. The number of hydrogen-bond acceptors (Lipinski definition) is 3. The minimum Gasteiger partial charge on any atom is -0.307 e. The molecule has 1 amide bonds. The molecule has 0 radical (unpaired) electrons. The number of benzodiazepines with no additional fused rings is 1. The summed E-state index contributed by atoms with van der Waals surface area (Å²) < 4.78 is 0. The van der Waals surface area contributed by atoms with Crippen LogP contribution in [0.3, 0.4) is 0 Å². The first kappa shape index (κ1) is 17.6. The maximum absolute atomic E-state index is 12.8. The van der Waals surface area contributed by atoms with Crippen molar-refractivity contribution in [3.8, 4) is 0 Å². The predicted octanol–water partition coefficient (Wildman–Crippen LogP) is 3.47. The molecule has 5 heteroatoms. The molecule has 0 N–H and O–H groups in total. The lowest BCUT2D eigenvalue weighted by Crippen LogP contribution is -2.45. The number of aliphatic imine (C=N–C) groups is 1. The number of carbonyl (C=O) groups is 1. The van der Waals surface area contributed by atoms with Crippen molar-refractivity contribution in [3.05, 3.63) is 64.7 Å². The van der Waals surface area contributed by atoms with Crippen LogP contribution in [-0.2, 0) is 4.79 Å². The third-order valence-electron chi connectivity index (χ3n) is 4.23. The number of anilines is 1. The van der Waals surface area contributed by atoms with Gasteiger partial charge in [-0.05, 0) is 39.2 Å². The van der Waals surface area contributed by atoms with Crippen LogP contribution in [0.25, 0.3) is 0 Å². The lowest BCUT2D eigenvalue weighted by atomic mass is 9.99. The van der Waals surface area contributed by atoms with Gasteiger partial charge in [0.2, 0.25) is 5.91 Å². The van der Waals surface area contributed by atoms with Gasteiger partial charge in [0.1, 0.15) is 6.54 Å². The number of hydrogen-bond donors (Lipinski definition) is 0. The molecule has 2 aromatic rings. The highest BCUT2D eigenvalue weighted by Gasteiger charge is 2.29. The molecule has 1 unspecified atom stereocenters. The van der Waals surface area contributed by atoms with E-state index in [1.807, 2.05) is 67.5 Å². The van der Waals surface area contributed by atoms with Gasteiger partial charge in [0, 0.05) is 28.7 Å². The Bertz CT molecular complexity index is 802. The molecule has 0 aromatic heterocycles. The average Bonchev–Trinajstić information content (AvgIpc) is 2.71. The maximum Gasteiger partial charge on any atom is 0.248 e. The van der Waals surface area contributed by atoms with E-state index in [9.17, 15) is 4.79 Å². The number of rotatable bonds is 4. The Hall–Kier alpha value is -2.17. The van der Waals surface area contributed by atoms with Crippen molar-refractivity contribution in [3.63, 3.8) is 0 Å². The molecule has 0 spiro atoms. The summed E-state index contributed by atoms with van der Waals surface area (Å²) in [5, 5.41) is 0.636. The van der Waals surface area contributed by atoms with Crippen LogP contribution in [0.5, 0.6) is 0 Å². The van der Waals surface area contributed by atoms with Crippen molar-refractivity contribution in [1.29, 1.82) is 0 Å². The number of fused-ring (bicyclic) bond motifs is 1. The molecular formula is C20H22ClN3O. The fourth-order valence-electron chi connectivity index (χ4n) is 3.29. The SMILES string of the molecule is CC(CN(C)C)N1C(=O)CN=C(c2ccccc2)c2cc(Cl)ccc21. The molecule has 1 heterocycles. The smallest absolute Gasteiger partial charge is 0.248 e. The van der Waals surface area contributed by atoms with E-state index in [-0.39, 0.29) is 18.5 Å². The van der Waals surface area contributed by atoms with E-state index < -0.39 is 0 Å². The van der Waals surface area contributed by atoms with Crippen molar-refractivity contribution in [2.75, 3.05) is 32.1 Å². The second kappa shape index (κ2) is 7.38. The van der Waals surface area contributed by atoms with Crippen LogP contribution in [0, 0.1) is 0 Å². The van der Waals surface area contributed by atoms with E-state index in [4.69, 9.17) is 11.6 Å². The third kappa shape index (κ3) is 3.75. The van der Waals surface area contributed by atoms with E-state index >= 15 is 0 Å². The molecule has 0 saturated heterocycles. The summed E-state index contributed by atoms with van der Waals surface area (Å²) in [6.45, 7) is 2.96. The highest BCUT2D eigenvalue weighted by molar-refractivity contribution is 6.32. The summed E-state index contributed by atoms with van der Waals surface area (Å²) in [5.41, 5.74) is 3.56. The number of amides is 1. The first-order valence-corrected chi connectivity index (χ1v) is 8.71. The molecular weight excluding hydrogens is 334 g/mol. The molecule has 1 aliphatic rings. The third-order valence-corrected chi connectivity index (χ3v) is 4.47. The summed E-state index contributed by atoms with van der Waals surface area (Å²) in [4.78, 5) is 21.4. The summed E-state index contributed by atoms with van der Waals surface area (Å²) in [6.07, 6.45) is 0. The van der Waals surface area contributed by atoms with Gasteiger partial charge in [-0.25, -0.2) is 0 Å². The molecule has 25 heavy (non-hydrogen) atoms. The van der Waals surface area contributed by atoms with Gasteiger partial charge in [-0.1, -0.05) is 41.9 Å². The maximum atomic E-state index is 12.8. The molecule has 0 aliphatic carbocycles. The van der Waals surface area contributed by atoms with Gasteiger partial charge in [-0.3, -0.25) is 9.79 Å². The van der Waals surface area contributed by atoms with E-state index in [2.05, 4.69) is 16.8 Å². The minimum absolute atomic E-state index is 0.00357. The number of benzene rings is 2. The van der Waals surface area contributed by atoms with Gasteiger partial charge >= 0.3 is 0 Å². The molecule has 3 rings (SSSR count). The van der Waals surface area contributed by atoms with Crippen molar-refractivity contribution < 1.29 is 4.79 Å². The summed E-state index contributed by atoms with van der Waals surface area (Å²) >= 11 is 6.26. The zero-order valence-corrected chi connectivity index (χ0v) is 15.5. The first-order valence-electron chi connectivity index (χ1n) is 8.34. The highest BCUT2D eigenvalue weighted by atomic mass is 35.5. The molecule has 1 atom stereocenters. The van der Waals surface area contributed by atoms with Crippen LogP contribution in [0.1, 0.15) is 18.1 Å². The van der Waals surface area contributed by atoms with Crippen molar-refractivity contribution in [1.82, 2.24) is 4.90 Å². The average molecular weight is 356 g/mol. The van der Waals surface area contributed by atoms with Crippen LogP contribution in [0.15, 0.2) is 53.5 Å². The molecule has 0 saturated carbocycles. The standard InChI is InChI=1S/C20H22ClN3O/c1-14(13-23(2)3)24-18-10-9-16(21)11-17(18)20(22-12-19(24)25)15-7-5-4-6-8-15/h4-11,14H,12-13H2,1-3H3. The van der Waals surface area contributed by atoms with Crippen LogP contribution in [0.2, 0.25) is 5.02 Å². The highest BCUT2D eigenvalue weighted by Crippen LogP contribution is 2.31. The molecule has 2 aromatic carbocycles. The fraction of sp³-hybridized carbons (Fsp3) is 0.300. The zero-order chi connectivity index (χ0) is 18.0. The number of likely N-dealkylation sites (N-methyl/N-ethyl adjacent to an activating group) is 1. The van der Waals surface area contributed by atoms with Crippen LogP contribution in [0.4, 0.5) is 5.69 Å². The number of nitrogens with zero attached hydrogens (tertiary/aromatic N) is 3. The lowest BCUT2D eigenvalue weighted by Gasteiger charge is -2.31. The largest absolute Gasteiger partial charge is 0.307 e. The van der Waals surface area contributed by atoms with Gasteiger partial charge in [-0.2, -0.15) is 0 Å². The minimum atomic E-state index is 0.00357. The van der Waals surface area contributed by atoms with Crippen molar-refractivity contribution in [2.45, 2.75) is 13.0 Å². The normalized spacial score (nSPS) is 15.6. The fourth-order valence-corrected chi connectivity index (χ4v) is 3.46.